The smallest absolute Gasteiger partial charge is 0.326 e. The van der Waals surface area contributed by atoms with Crippen LogP contribution in [-0.4, -0.2) is 28.0 Å². The first-order chi connectivity index (χ1) is 8.41. The Bertz CT molecular complexity index is 449. The zero-order valence-corrected chi connectivity index (χ0v) is 10.9. The van der Waals surface area contributed by atoms with Crippen molar-refractivity contribution in [3.8, 4) is 0 Å². The molecule has 1 aromatic heterocycles. The van der Waals surface area contributed by atoms with Crippen molar-refractivity contribution in [2.24, 2.45) is 5.92 Å². The first-order valence-electron chi connectivity index (χ1n) is 5.55. The largest absolute Gasteiger partial charge is 0.480 e. The van der Waals surface area contributed by atoms with Crippen molar-refractivity contribution in [3.05, 3.63) is 29.0 Å². The Labute approximate surface area is 110 Å². The molecule has 1 aromatic rings. The van der Waals surface area contributed by atoms with Crippen molar-refractivity contribution in [2.75, 3.05) is 0 Å². The molecule has 0 saturated carbocycles. The van der Waals surface area contributed by atoms with Crippen molar-refractivity contribution in [3.63, 3.8) is 0 Å². The number of carbonyl (C=O) groups is 2. The van der Waals surface area contributed by atoms with E-state index in [4.69, 9.17) is 16.7 Å². The summed E-state index contributed by atoms with van der Waals surface area (Å²) in [5.41, 5.74) is 0.224. The van der Waals surface area contributed by atoms with Crippen molar-refractivity contribution >= 4 is 23.5 Å². The second-order valence-electron chi connectivity index (χ2n) is 4.35. The molecule has 0 spiro atoms. The highest BCUT2D eigenvalue weighted by atomic mass is 35.5. The molecule has 6 heteroatoms. The van der Waals surface area contributed by atoms with E-state index in [1.165, 1.54) is 18.5 Å². The van der Waals surface area contributed by atoms with Gasteiger partial charge in [-0.05, 0) is 18.4 Å². The fraction of sp³-hybridized carbons (Fsp3) is 0.417. The Morgan fingerprint density at radius 1 is 1.50 bits per heavy atom. The molecule has 98 valence electrons. The van der Waals surface area contributed by atoms with Gasteiger partial charge in [0.25, 0.3) is 5.91 Å². The summed E-state index contributed by atoms with van der Waals surface area (Å²) in [6, 6.07) is 0.535. The number of amides is 1. The third kappa shape index (κ3) is 4.00. The Balaban J connectivity index is 2.79. The molecule has 5 nitrogen and oxygen atoms in total. The average molecular weight is 271 g/mol. The van der Waals surface area contributed by atoms with E-state index in [9.17, 15) is 9.59 Å². The van der Waals surface area contributed by atoms with Gasteiger partial charge in [0.05, 0.1) is 10.6 Å². The van der Waals surface area contributed by atoms with Gasteiger partial charge in [-0.1, -0.05) is 25.4 Å². The summed E-state index contributed by atoms with van der Waals surface area (Å²) in [6.45, 7) is 3.78. The molecule has 0 aliphatic heterocycles. The van der Waals surface area contributed by atoms with Crippen LogP contribution < -0.4 is 5.32 Å². The molecule has 0 unspecified atom stereocenters. The number of hydrogen-bond acceptors (Lipinski definition) is 3. The van der Waals surface area contributed by atoms with Crippen LogP contribution in [0.1, 0.15) is 30.6 Å². The van der Waals surface area contributed by atoms with E-state index in [-0.39, 0.29) is 16.5 Å². The summed E-state index contributed by atoms with van der Waals surface area (Å²) in [5.74, 6) is -1.39. The number of carboxylic acid groups (broad SMARTS) is 1. The second-order valence-corrected chi connectivity index (χ2v) is 4.76. The first kappa shape index (κ1) is 14.4. The van der Waals surface area contributed by atoms with Gasteiger partial charge < -0.3 is 10.4 Å². The Kier molecular flexibility index (Phi) is 5.09. The predicted molar refractivity (Wildman–Crippen MR) is 67.6 cm³/mol. The summed E-state index contributed by atoms with van der Waals surface area (Å²) in [4.78, 5) is 26.7. The normalized spacial score (nSPS) is 12.2. The number of halogens is 1. The van der Waals surface area contributed by atoms with Gasteiger partial charge in [0.1, 0.15) is 6.04 Å². The van der Waals surface area contributed by atoms with Gasteiger partial charge in [-0.2, -0.15) is 0 Å². The highest BCUT2D eigenvalue weighted by Gasteiger charge is 2.22. The molecule has 0 aromatic carbocycles. The number of pyridine rings is 1. The van der Waals surface area contributed by atoms with Crippen LogP contribution in [0.5, 0.6) is 0 Å². The monoisotopic (exact) mass is 270 g/mol. The zero-order valence-electron chi connectivity index (χ0n) is 10.2. The fourth-order valence-corrected chi connectivity index (χ4v) is 1.69. The summed E-state index contributed by atoms with van der Waals surface area (Å²) >= 11 is 5.82. The maximum atomic E-state index is 11.9. The van der Waals surface area contributed by atoms with Crippen molar-refractivity contribution in [1.82, 2.24) is 10.3 Å². The Morgan fingerprint density at radius 2 is 2.17 bits per heavy atom. The van der Waals surface area contributed by atoms with Crippen LogP contribution in [0.3, 0.4) is 0 Å². The van der Waals surface area contributed by atoms with Gasteiger partial charge in [0.15, 0.2) is 0 Å². The summed E-state index contributed by atoms with van der Waals surface area (Å²) in [6.07, 6.45) is 3.14. The maximum absolute atomic E-state index is 11.9. The lowest BCUT2D eigenvalue weighted by atomic mass is 10.0. The van der Waals surface area contributed by atoms with Gasteiger partial charge >= 0.3 is 5.97 Å². The number of nitrogens with zero attached hydrogens (tertiary/aromatic N) is 1. The summed E-state index contributed by atoms with van der Waals surface area (Å²) in [5, 5.41) is 11.7. The number of aliphatic carboxylic acids is 1. The van der Waals surface area contributed by atoms with Crippen LogP contribution in [0, 0.1) is 5.92 Å². The third-order valence-electron chi connectivity index (χ3n) is 2.33. The Morgan fingerprint density at radius 3 is 2.67 bits per heavy atom. The molecule has 0 bridgehead atoms. The van der Waals surface area contributed by atoms with E-state index >= 15 is 0 Å². The molecule has 0 fully saturated rings. The van der Waals surface area contributed by atoms with Crippen molar-refractivity contribution in [1.29, 1.82) is 0 Å². The minimum Gasteiger partial charge on any atom is -0.480 e. The molecule has 1 amide bonds. The molecule has 0 saturated heterocycles. The minimum atomic E-state index is -1.05. The maximum Gasteiger partial charge on any atom is 0.326 e. The van der Waals surface area contributed by atoms with Crippen LogP contribution >= 0.6 is 11.6 Å². The van der Waals surface area contributed by atoms with E-state index in [0.29, 0.717) is 6.42 Å². The predicted octanol–water partition coefficient (Wildman–Crippen LogP) is 1.96. The number of carboxylic acids is 1. The number of aromatic nitrogens is 1. The molecule has 0 aliphatic carbocycles. The molecular weight excluding hydrogens is 256 g/mol. The van der Waals surface area contributed by atoms with E-state index in [2.05, 4.69) is 10.3 Å². The highest BCUT2D eigenvalue weighted by molar-refractivity contribution is 6.33. The first-order valence-corrected chi connectivity index (χ1v) is 5.92. The van der Waals surface area contributed by atoms with Crippen LogP contribution in [0.4, 0.5) is 0 Å². The molecular formula is C12H15ClN2O3. The van der Waals surface area contributed by atoms with Gasteiger partial charge in [0, 0.05) is 12.4 Å². The molecule has 0 radical (unpaired) electrons. The quantitative estimate of drug-likeness (QED) is 0.857. The van der Waals surface area contributed by atoms with Gasteiger partial charge in [-0.3, -0.25) is 9.78 Å². The summed E-state index contributed by atoms with van der Waals surface area (Å²) < 4.78 is 0. The number of carbonyl (C=O) groups excluding carboxylic acids is 1. The molecule has 1 rings (SSSR count). The molecule has 2 N–H and O–H groups in total. The molecule has 0 aliphatic rings. The highest BCUT2D eigenvalue weighted by Crippen LogP contribution is 2.14. The van der Waals surface area contributed by atoms with Crippen molar-refractivity contribution in [2.45, 2.75) is 26.3 Å². The van der Waals surface area contributed by atoms with Gasteiger partial charge in [-0.15, -0.1) is 0 Å². The summed E-state index contributed by atoms with van der Waals surface area (Å²) in [7, 11) is 0. The number of rotatable bonds is 5. The topological polar surface area (TPSA) is 79.3 Å². The van der Waals surface area contributed by atoms with Gasteiger partial charge in [0.2, 0.25) is 0 Å². The van der Waals surface area contributed by atoms with Crippen LogP contribution in [0.25, 0.3) is 0 Å². The van der Waals surface area contributed by atoms with E-state index in [0.717, 1.165) is 0 Å². The molecule has 1 heterocycles. The van der Waals surface area contributed by atoms with Crippen LogP contribution in [0.2, 0.25) is 5.02 Å². The lowest BCUT2D eigenvalue weighted by Crippen LogP contribution is -2.41. The van der Waals surface area contributed by atoms with Crippen molar-refractivity contribution < 1.29 is 14.7 Å². The van der Waals surface area contributed by atoms with E-state index < -0.39 is 17.9 Å². The lowest BCUT2D eigenvalue weighted by molar-refractivity contribution is -0.139. The zero-order chi connectivity index (χ0) is 13.7. The van der Waals surface area contributed by atoms with Crippen LogP contribution in [-0.2, 0) is 4.79 Å². The van der Waals surface area contributed by atoms with Crippen LogP contribution in [0.15, 0.2) is 18.5 Å². The van der Waals surface area contributed by atoms with E-state index in [1.807, 2.05) is 13.8 Å². The Hall–Kier alpha value is -1.62. The fourth-order valence-electron chi connectivity index (χ4n) is 1.49. The molecule has 18 heavy (non-hydrogen) atoms. The molecule has 1 atom stereocenters. The van der Waals surface area contributed by atoms with E-state index in [1.54, 1.807) is 0 Å². The standard InChI is InChI=1S/C12H15ClN2O3/c1-7(2)5-10(12(17)18)15-11(16)8-3-4-14-6-9(8)13/h3-4,6-7,10H,5H2,1-2H3,(H,15,16)(H,17,18)/t10-/m0/s1. The second kappa shape index (κ2) is 6.35. The lowest BCUT2D eigenvalue weighted by Gasteiger charge is -2.16. The van der Waals surface area contributed by atoms with Gasteiger partial charge in [-0.25, -0.2) is 4.79 Å². The third-order valence-corrected chi connectivity index (χ3v) is 2.63. The average Bonchev–Trinajstić information content (AvgIpc) is 2.27. The number of hydrogen-bond donors (Lipinski definition) is 2. The SMILES string of the molecule is CC(C)C[C@H](NC(=O)c1ccncc1Cl)C(=O)O. The minimum absolute atomic E-state index is 0.166. The number of nitrogens with one attached hydrogen (secondary N) is 1.